The summed E-state index contributed by atoms with van der Waals surface area (Å²) in [5.74, 6) is -0.157. The van der Waals surface area contributed by atoms with Gasteiger partial charge in [0.1, 0.15) is 0 Å². The highest BCUT2D eigenvalue weighted by molar-refractivity contribution is 6.06. The minimum atomic E-state index is -0.347. The largest absolute Gasteiger partial charge is 0.362 e. The molecule has 34 heavy (non-hydrogen) atoms. The number of dihydropyridines is 1. The lowest BCUT2D eigenvalue weighted by atomic mass is 9.73. The molecule has 1 N–H and O–H groups in total. The number of nitrogens with zero attached hydrogens (tertiary/aromatic N) is 1. The van der Waals surface area contributed by atoms with E-state index >= 15 is 0 Å². The molecule has 2 aliphatic heterocycles. The molecule has 1 unspecified atom stereocenters. The van der Waals surface area contributed by atoms with Gasteiger partial charge in [0.05, 0.1) is 0 Å². The van der Waals surface area contributed by atoms with Crippen LogP contribution in [-0.2, 0) is 22.6 Å². The Balaban J connectivity index is 1.49. The molecule has 6 rings (SSSR count). The van der Waals surface area contributed by atoms with Crippen molar-refractivity contribution in [1.82, 2.24) is 10.2 Å². The minimum absolute atomic E-state index is 0.0300. The maximum atomic E-state index is 14.2. The van der Waals surface area contributed by atoms with E-state index in [0.29, 0.717) is 25.1 Å². The molecule has 0 aromatic heterocycles. The first-order chi connectivity index (χ1) is 16.6. The molecule has 1 amide bonds. The second kappa shape index (κ2) is 8.28. The van der Waals surface area contributed by atoms with E-state index in [1.165, 1.54) is 11.1 Å². The van der Waals surface area contributed by atoms with E-state index in [2.05, 4.69) is 47.8 Å². The number of hydrogen-bond donors (Lipinski definition) is 1. The van der Waals surface area contributed by atoms with E-state index in [0.717, 1.165) is 52.6 Å². The molecule has 2 heterocycles. The van der Waals surface area contributed by atoms with Crippen LogP contribution in [0.25, 0.3) is 10.8 Å². The first-order valence-corrected chi connectivity index (χ1v) is 12.2. The zero-order valence-corrected chi connectivity index (χ0v) is 19.4. The highest BCUT2D eigenvalue weighted by atomic mass is 16.2. The molecule has 0 saturated carbocycles. The maximum Gasteiger partial charge on any atom is 0.252 e. The fourth-order valence-electron chi connectivity index (χ4n) is 5.92. The Hall–Kier alpha value is -3.66. The van der Waals surface area contributed by atoms with Crippen LogP contribution in [0.4, 0.5) is 0 Å². The van der Waals surface area contributed by atoms with Crippen LogP contribution < -0.4 is 5.32 Å². The molecule has 0 saturated heterocycles. The van der Waals surface area contributed by atoms with E-state index < -0.39 is 0 Å². The third-order valence-electron chi connectivity index (χ3n) is 7.56. The zero-order valence-electron chi connectivity index (χ0n) is 19.4. The fourth-order valence-corrected chi connectivity index (χ4v) is 5.92. The molecule has 4 heteroatoms. The van der Waals surface area contributed by atoms with Crippen molar-refractivity contribution in [2.45, 2.75) is 45.1 Å². The molecular weight excluding hydrogens is 420 g/mol. The van der Waals surface area contributed by atoms with Crippen molar-refractivity contribution in [3.05, 3.63) is 106 Å². The summed E-state index contributed by atoms with van der Waals surface area (Å²) in [6.07, 6.45) is 3.09. The van der Waals surface area contributed by atoms with Crippen LogP contribution in [0.3, 0.4) is 0 Å². The lowest BCUT2D eigenvalue weighted by Crippen LogP contribution is -2.42. The summed E-state index contributed by atoms with van der Waals surface area (Å²) in [6, 6.07) is 22.9. The van der Waals surface area contributed by atoms with Crippen LogP contribution in [0, 0.1) is 0 Å². The summed E-state index contributed by atoms with van der Waals surface area (Å²) in [5.41, 5.74) is 6.93. The van der Waals surface area contributed by atoms with Gasteiger partial charge in [0.2, 0.25) is 0 Å². The molecule has 170 valence electrons. The third-order valence-corrected chi connectivity index (χ3v) is 7.56. The fraction of sp³-hybridized carbons (Fsp3) is 0.267. The number of carbonyl (C=O) groups is 2. The van der Waals surface area contributed by atoms with Gasteiger partial charge in [0, 0.05) is 48.0 Å². The highest BCUT2D eigenvalue weighted by Crippen LogP contribution is 2.45. The molecule has 0 radical (unpaired) electrons. The second-order valence-electron chi connectivity index (χ2n) is 9.58. The molecule has 3 aliphatic rings. The smallest absolute Gasteiger partial charge is 0.252 e. The minimum Gasteiger partial charge on any atom is -0.362 e. The van der Waals surface area contributed by atoms with Crippen LogP contribution in [0.2, 0.25) is 0 Å². The Bertz CT molecular complexity index is 1390. The number of nitrogens with one attached hydrogen (secondary N) is 1. The molecule has 0 spiro atoms. The lowest BCUT2D eigenvalue weighted by Gasteiger charge is -2.38. The zero-order chi connectivity index (χ0) is 23.2. The first kappa shape index (κ1) is 20.9. The quantitative estimate of drug-likeness (QED) is 0.572. The monoisotopic (exact) mass is 448 g/mol. The number of Topliss-reactive ketones (excluding diaryl/α,β-unsaturated/α-hetero) is 1. The van der Waals surface area contributed by atoms with Crippen molar-refractivity contribution in [3.63, 3.8) is 0 Å². The SMILES string of the molecule is CC1=C(C(=O)N2CCc3ccccc3C2)C(c2cccc3ccccc23)C2=C(CCCC2=O)N1. The van der Waals surface area contributed by atoms with E-state index in [1.807, 2.05) is 36.1 Å². The van der Waals surface area contributed by atoms with Crippen LogP contribution in [0.15, 0.2) is 89.3 Å². The number of hydrogen-bond acceptors (Lipinski definition) is 3. The van der Waals surface area contributed by atoms with E-state index in [-0.39, 0.29) is 17.6 Å². The summed E-state index contributed by atoms with van der Waals surface area (Å²) >= 11 is 0. The van der Waals surface area contributed by atoms with Gasteiger partial charge < -0.3 is 10.2 Å². The van der Waals surface area contributed by atoms with Crippen molar-refractivity contribution in [2.24, 2.45) is 0 Å². The number of carbonyl (C=O) groups excluding carboxylic acids is 2. The van der Waals surface area contributed by atoms with Gasteiger partial charge in [-0.3, -0.25) is 9.59 Å². The summed E-state index contributed by atoms with van der Waals surface area (Å²) in [4.78, 5) is 29.4. The van der Waals surface area contributed by atoms with Crippen LogP contribution in [0.1, 0.15) is 48.8 Å². The number of fused-ring (bicyclic) bond motifs is 2. The van der Waals surface area contributed by atoms with Crippen LogP contribution in [0.5, 0.6) is 0 Å². The van der Waals surface area contributed by atoms with Gasteiger partial charge in [-0.05, 0) is 53.6 Å². The second-order valence-corrected chi connectivity index (χ2v) is 9.58. The third kappa shape index (κ3) is 3.37. The molecule has 0 fully saturated rings. The Morgan fingerprint density at radius 1 is 0.912 bits per heavy atom. The number of amides is 1. The maximum absolute atomic E-state index is 14.2. The van der Waals surface area contributed by atoms with Gasteiger partial charge in [-0.25, -0.2) is 0 Å². The van der Waals surface area contributed by atoms with Crippen molar-refractivity contribution in [2.75, 3.05) is 6.54 Å². The van der Waals surface area contributed by atoms with Crippen molar-refractivity contribution >= 4 is 22.5 Å². The molecular formula is C30H28N2O2. The first-order valence-electron chi connectivity index (χ1n) is 12.2. The lowest BCUT2D eigenvalue weighted by molar-refractivity contribution is -0.128. The average molecular weight is 449 g/mol. The molecule has 3 aromatic carbocycles. The predicted molar refractivity (Wildman–Crippen MR) is 134 cm³/mol. The van der Waals surface area contributed by atoms with Gasteiger partial charge in [-0.1, -0.05) is 66.7 Å². The normalized spacial score (nSPS) is 20.2. The Labute approximate surface area is 200 Å². The van der Waals surface area contributed by atoms with Crippen molar-refractivity contribution in [3.8, 4) is 0 Å². The summed E-state index contributed by atoms with van der Waals surface area (Å²) in [5, 5.41) is 5.70. The van der Waals surface area contributed by atoms with Gasteiger partial charge in [0.25, 0.3) is 5.91 Å². The Kier molecular flexibility index (Phi) is 5.09. The molecule has 4 nitrogen and oxygen atoms in total. The molecule has 0 bridgehead atoms. The summed E-state index contributed by atoms with van der Waals surface area (Å²) in [7, 11) is 0. The Morgan fingerprint density at radius 3 is 2.56 bits per heavy atom. The van der Waals surface area contributed by atoms with Crippen LogP contribution >= 0.6 is 0 Å². The van der Waals surface area contributed by atoms with E-state index in [9.17, 15) is 9.59 Å². The average Bonchev–Trinajstić information content (AvgIpc) is 2.87. The van der Waals surface area contributed by atoms with E-state index in [4.69, 9.17) is 0 Å². The number of ketones is 1. The summed E-state index contributed by atoms with van der Waals surface area (Å²) in [6.45, 7) is 3.29. The van der Waals surface area contributed by atoms with Gasteiger partial charge >= 0.3 is 0 Å². The number of benzene rings is 3. The van der Waals surface area contributed by atoms with Crippen molar-refractivity contribution in [1.29, 1.82) is 0 Å². The highest BCUT2D eigenvalue weighted by Gasteiger charge is 2.40. The van der Waals surface area contributed by atoms with Crippen molar-refractivity contribution < 1.29 is 9.59 Å². The topological polar surface area (TPSA) is 49.4 Å². The van der Waals surface area contributed by atoms with Crippen LogP contribution in [-0.4, -0.2) is 23.1 Å². The molecule has 1 atom stereocenters. The number of allylic oxidation sites excluding steroid dienone is 3. The molecule has 3 aromatic rings. The molecule has 1 aliphatic carbocycles. The number of rotatable bonds is 2. The van der Waals surface area contributed by atoms with Gasteiger partial charge in [-0.15, -0.1) is 0 Å². The Morgan fingerprint density at radius 2 is 1.68 bits per heavy atom. The van der Waals surface area contributed by atoms with E-state index in [1.54, 1.807) is 0 Å². The van der Waals surface area contributed by atoms with Gasteiger partial charge in [0.15, 0.2) is 5.78 Å². The predicted octanol–water partition coefficient (Wildman–Crippen LogP) is 5.39. The van der Waals surface area contributed by atoms with Gasteiger partial charge in [-0.2, -0.15) is 0 Å². The summed E-state index contributed by atoms with van der Waals surface area (Å²) < 4.78 is 0. The standard InChI is InChI=1S/C30H28N2O2/c1-19-27(30(34)32-17-16-20-8-2-3-10-22(20)18-32)28(29-25(31-19)14-7-15-26(29)33)24-13-6-11-21-9-4-5-12-23(21)24/h2-6,8-13,28,31H,7,14-18H2,1H3.